The summed E-state index contributed by atoms with van der Waals surface area (Å²) in [7, 11) is 0. The average Bonchev–Trinajstić information content (AvgIpc) is 1.87. The predicted octanol–water partition coefficient (Wildman–Crippen LogP) is 0.0603. The Kier molecular flexibility index (Phi) is 1.36. The van der Waals surface area contributed by atoms with Gasteiger partial charge in [-0.3, -0.25) is 0 Å². The zero-order valence-electron chi connectivity index (χ0n) is 3.57. The topological polar surface area (TPSA) is 41.1 Å². The van der Waals surface area contributed by atoms with E-state index in [1.165, 1.54) is 0 Å². The van der Waals surface area contributed by atoms with Crippen LogP contribution < -0.4 is 10.6 Å². The fraction of sp³-hybridized carbons (Fsp3) is 0.667. The molecule has 0 aromatic carbocycles. The van der Waals surface area contributed by atoms with E-state index in [4.69, 9.17) is 0 Å². The molecule has 1 unspecified atom stereocenters. The van der Waals surface area contributed by atoms with Crippen molar-refractivity contribution in [3.63, 3.8) is 0 Å². The Morgan fingerprint density at radius 3 is 2.71 bits per heavy atom. The van der Waals surface area contributed by atoms with Crippen molar-refractivity contribution in [3.05, 3.63) is 0 Å². The van der Waals surface area contributed by atoms with Crippen molar-refractivity contribution < 1.29 is 4.79 Å². The van der Waals surface area contributed by atoms with Gasteiger partial charge in [0.1, 0.15) is 0 Å². The van der Waals surface area contributed by atoms with E-state index < -0.39 is 0 Å². The van der Waals surface area contributed by atoms with Crippen molar-refractivity contribution in [2.75, 3.05) is 6.54 Å². The van der Waals surface area contributed by atoms with Crippen LogP contribution in [0.3, 0.4) is 0 Å². The van der Waals surface area contributed by atoms with Gasteiger partial charge in [0, 0.05) is 6.54 Å². The quantitative estimate of drug-likeness (QED) is 0.332. The smallest absolute Gasteiger partial charge is 0.315 e. The highest BCUT2D eigenvalue weighted by Gasteiger charge is 2.14. The summed E-state index contributed by atoms with van der Waals surface area (Å²) in [5.41, 5.74) is 0. The standard InChI is InChI=1S/C3H5IN2O/c4-2-1-5-3(7)6-2/h2H,1H2,(H2,5,6,7). The lowest BCUT2D eigenvalue weighted by Crippen LogP contribution is -2.22. The van der Waals surface area contributed by atoms with Crippen LogP contribution in [0, 0.1) is 0 Å². The van der Waals surface area contributed by atoms with Gasteiger partial charge < -0.3 is 10.6 Å². The average molecular weight is 212 g/mol. The minimum atomic E-state index is -0.0561. The van der Waals surface area contributed by atoms with Gasteiger partial charge in [0.2, 0.25) is 0 Å². The van der Waals surface area contributed by atoms with Gasteiger partial charge in [-0.15, -0.1) is 0 Å². The first kappa shape index (κ1) is 5.14. The van der Waals surface area contributed by atoms with Crippen LogP contribution in [0.15, 0.2) is 0 Å². The summed E-state index contributed by atoms with van der Waals surface area (Å²) < 4.78 is 0.282. The largest absolute Gasteiger partial charge is 0.335 e. The fourth-order valence-corrected chi connectivity index (χ4v) is 0.930. The van der Waals surface area contributed by atoms with E-state index in [2.05, 4.69) is 33.2 Å². The molecule has 1 rings (SSSR count). The molecule has 40 valence electrons. The molecule has 1 aliphatic rings. The first-order chi connectivity index (χ1) is 3.29. The Hall–Kier alpha value is -0.0000000000000000555. The second kappa shape index (κ2) is 1.85. The maximum absolute atomic E-state index is 10.2. The van der Waals surface area contributed by atoms with Gasteiger partial charge in [-0.05, 0) is 0 Å². The number of alkyl halides is 1. The van der Waals surface area contributed by atoms with E-state index in [-0.39, 0.29) is 10.1 Å². The Balaban J connectivity index is 2.40. The Labute approximate surface area is 55.0 Å². The molecule has 7 heavy (non-hydrogen) atoms. The first-order valence-electron chi connectivity index (χ1n) is 1.97. The lowest BCUT2D eigenvalue weighted by molar-refractivity contribution is 0.248. The van der Waals surface area contributed by atoms with Crippen molar-refractivity contribution in [2.24, 2.45) is 0 Å². The zero-order valence-corrected chi connectivity index (χ0v) is 5.73. The molecule has 1 fully saturated rings. The molecular formula is C3H5IN2O. The van der Waals surface area contributed by atoms with Gasteiger partial charge in [-0.25, -0.2) is 4.79 Å². The SMILES string of the molecule is O=C1NCC(I)N1. The second-order valence-corrected chi connectivity index (χ2v) is 2.83. The normalized spacial score (nSPS) is 29.3. The third-order valence-corrected chi connectivity index (χ3v) is 1.48. The van der Waals surface area contributed by atoms with Gasteiger partial charge >= 0.3 is 6.03 Å². The Morgan fingerprint density at radius 2 is 2.57 bits per heavy atom. The molecule has 0 spiro atoms. The van der Waals surface area contributed by atoms with Gasteiger partial charge in [-0.2, -0.15) is 0 Å². The van der Waals surface area contributed by atoms with Crippen molar-refractivity contribution in [1.29, 1.82) is 0 Å². The summed E-state index contributed by atoms with van der Waals surface area (Å²) in [5, 5.41) is 5.27. The summed E-state index contributed by atoms with van der Waals surface area (Å²) in [4.78, 5) is 10.2. The van der Waals surface area contributed by atoms with E-state index >= 15 is 0 Å². The van der Waals surface area contributed by atoms with Crippen LogP contribution >= 0.6 is 22.6 Å². The molecule has 0 aliphatic carbocycles. The van der Waals surface area contributed by atoms with E-state index in [0.717, 1.165) is 6.54 Å². The highest BCUT2D eigenvalue weighted by molar-refractivity contribution is 14.1. The maximum Gasteiger partial charge on any atom is 0.315 e. The Bertz CT molecular complexity index is 94.9. The molecule has 2 N–H and O–H groups in total. The Morgan fingerprint density at radius 1 is 1.86 bits per heavy atom. The number of urea groups is 1. The molecule has 0 bridgehead atoms. The van der Waals surface area contributed by atoms with E-state index in [0.29, 0.717) is 0 Å². The zero-order chi connectivity index (χ0) is 5.28. The third kappa shape index (κ3) is 1.19. The number of carbonyl (C=O) groups is 1. The second-order valence-electron chi connectivity index (χ2n) is 1.32. The van der Waals surface area contributed by atoms with Crippen LogP contribution in [0.2, 0.25) is 0 Å². The molecular weight excluding hydrogens is 207 g/mol. The number of nitrogens with one attached hydrogen (secondary N) is 2. The van der Waals surface area contributed by atoms with Crippen LogP contribution in [-0.2, 0) is 0 Å². The first-order valence-corrected chi connectivity index (χ1v) is 3.22. The number of carbonyl (C=O) groups excluding carboxylic acids is 1. The predicted molar refractivity (Wildman–Crippen MR) is 34.3 cm³/mol. The molecule has 1 aliphatic heterocycles. The van der Waals surface area contributed by atoms with Crippen LogP contribution in [-0.4, -0.2) is 16.6 Å². The van der Waals surface area contributed by atoms with E-state index in [1.807, 2.05) is 0 Å². The minimum Gasteiger partial charge on any atom is -0.335 e. The van der Waals surface area contributed by atoms with Crippen molar-refractivity contribution >= 4 is 28.6 Å². The number of rotatable bonds is 0. The number of amides is 2. The van der Waals surface area contributed by atoms with Crippen molar-refractivity contribution in [2.45, 2.75) is 4.05 Å². The van der Waals surface area contributed by atoms with Gasteiger partial charge in [0.05, 0.1) is 4.05 Å². The van der Waals surface area contributed by atoms with Crippen LogP contribution in [0.4, 0.5) is 4.79 Å². The van der Waals surface area contributed by atoms with Gasteiger partial charge in [0.25, 0.3) is 0 Å². The van der Waals surface area contributed by atoms with Crippen LogP contribution in [0.1, 0.15) is 0 Å². The third-order valence-electron chi connectivity index (χ3n) is 0.730. The lowest BCUT2D eigenvalue weighted by atomic mass is 10.7. The molecule has 2 amide bonds. The maximum atomic E-state index is 10.2. The highest BCUT2D eigenvalue weighted by Crippen LogP contribution is 1.97. The molecule has 0 radical (unpaired) electrons. The van der Waals surface area contributed by atoms with E-state index in [1.54, 1.807) is 0 Å². The number of halogens is 1. The molecule has 3 nitrogen and oxygen atoms in total. The molecule has 1 heterocycles. The molecule has 4 heteroatoms. The summed E-state index contributed by atoms with van der Waals surface area (Å²) in [6.07, 6.45) is 0. The summed E-state index contributed by atoms with van der Waals surface area (Å²) >= 11 is 2.15. The van der Waals surface area contributed by atoms with Gasteiger partial charge in [-0.1, -0.05) is 22.6 Å². The van der Waals surface area contributed by atoms with Gasteiger partial charge in [0.15, 0.2) is 0 Å². The van der Waals surface area contributed by atoms with Crippen LogP contribution in [0.5, 0.6) is 0 Å². The molecule has 1 saturated heterocycles. The summed E-state index contributed by atoms with van der Waals surface area (Å²) in [5.74, 6) is 0. The van der Waals surface area contributed by atoms with E-state index in [9.17, 15) is 4.79 Å². The van der Waals surface area contributed by atoms with Crippen LogP contribution in [0.25, 0.3) is 0 Å². The molecule has 1 atom stereocenters. The lowest BCUT2D eigenvalue weighted by Gasteiger charge is -1.90. The molecule has 0 saturated carbocycles. The minimum absolute atomic E-state index is 0.0561. The summed E-state index contributed by atoms with van der Waals surface area (Å²) in [6, 6.07) is -0.0561. The van der Waals surface area contributed by atoms with Crippen molar-refractivity contribution in [1.82, 2.24) is 10.6 Å². The number of hydrogen-bond donors (Lipinski definition) is 2. The molecule has 0 aromatic heterocycles. The highest BCUT2D eigenvalue weighted by atomic mass is 127. The number of hydrogen-bond acceptors (Lipinski definition) is 1. The monoisotopic (exact) mass is 212 g/mol. The van der Waals surface area contributed by atoms with Crippen molar-refractivity contribution in [3.8, 4) is 0 Å². The summed E-state index contributed by atoms with van der Waals surface area (Å²) in [6.45, 7) is 0.749. The molecule has 0 aromatic rings. The fourth-order valence-electron chi connectivity index (χ4n) is 0.427.